The number of hydrogen-bond acceptors (Lipinski definition) is 7. The Bertz CT molecular complexity index is 718. The molecule has 1 aromatic heterocycles. The Morgan fingerprint density at radius 1 is 1.17 bits per heavy atom. The number of nitrogens with zero attached hydrogens (tertiary/aromatic N) is 1. The van der Waals surface area contributed by atoms with Gasteiger partial charge in [-0.3, -0.25) is 10.1 Å². The van der Waals surface area contributed by atoms with Gasteiger partial charge in [0.2, 0.25) is 0 Å². The van der Waals surface area contributed by atoms with Gasteiger partial charge < -0.3 is 18.6 Å². The molecule has 0 bridgehead atoms. The Balaban J connectivity index is 1.70. The largest absolute Gasteiger partial charge is 0.497 e. The molecule has 0 aliphatic rings. The van der Waals surface area contributed by atoms with Crippen molar-refractivity contribution in [1.29, 1.82) is 0 Å². The van der Waals surface area contributed by atoms with E-state index in [1.807, 2.05) is 0 Å². The third-order valence-electron chi connectivity index (χ3n) is 2.83. The van der Waals surface area contributed by atoms with Gasteiger partial charge in [0.05, 0.1) is 13.2 Å². The Labute approximate surface area is 137 Å². The number of furan rings is 1. The van der Waals surface area contributed by atoms with Crippen LogP contribution in [0.25, 0.3) is 6.08 Å². The lowest BCUT2D eigenvalue weighted by Crippen LogP contribution is -2.10. The number of carbonyl (C=O) groups excluding carboxylic acids is 1. The molecule has 0 aliphatic carbocycles. The number of carbonyl (C=O) groups is 1. The van der Waals surface area contributed by atoms with Gasteiger partial charge in [0.1, 0.15) is 35.4 Å². The van der Waals surface area contributed by atoms with Gasteiger partial charge >= 0.3 is 11.9 Å². The summed E-state index contributed by atoms with van der Waals surface area (Å²) in [7, 11) is 1.57. The highest BCUT2D eigenvalue weighted by Gasteiger charge is 2.10. The molecular weight excluding hydrogens is 318 g/mol. The zero-order valence-electron chi connectivity index (χ0n) is 12.8. The SMILES string of the molecule is COc1ccc(OCCOC(=O)/C=C/c2ccc([N+](=O)[O-])o2)cc1. The van der Waals surface area contributed by atoms with Gasteiger partial charge in [-0.25, -0.2) is 4.79 Å². The van der Waals surface area contributed by atoms with E-state index in [-0.39, 0.29) is 19.0 Å². The first-order valence-corrected chi connectivity index (χ1v) is 6.94. The first kappa shape index (κ1) is 17.1. The van der Waals surface area contributed by atoms with Crippen LogP contribution >= 0.6 is 0 Å². The van der Waals surface area contributed by atoms with Crippen LogP contribution in [0.2, 0.25) is 0 Å². The fraction of sp³-hybridized carbons (Fsp3) is 0.188. The smallest absolute Gasteiger partial charge is 0.433 e. The number of ether oxygens (including phenoxy) is 3. The normalized spacial score (nSPS) is 10.5. The highest BCUT2D eigenvalue weighted by molar-refractivity contribution is 5.86. The monoisotopic (exact) mass is 333 g/mol. The van der Waals surface area contributed by atoms with Gasteiger partial charge in [-0.1, -0.05) is 0 Å². The number of nitro groups is 1. The lowest BCUT2D eigenvalue weighted by atomic mass is 10.3. The van der Waals surface area contributed by atoms with Crippen LogP contribution in [0.15, 0.2) is 46.9 Å². The highest BCUT2D eigenvalue weighted by atomic mass is 16.6. The van der Waals surface area contributed by atoms with Crippen molar-refractivity contribution in [3.05, 3.63) is 58.3 Å². The number of hydrogen-bond donors (Lipinski definition) is 0. The van der Waals surface area contributed by atoms with E-state index in [1.165, 1.54) is 18.2 Å². The standard InChI is InChI=1S/C16H15NO7/c1-21-12-2-4-13(5-3-12)22-10-11-23-16(18)9-7-14-6-8-15(24-14)17(19)20/h2-9H,10-11H2,1H3/b9-7+. The Morgan fingerprint density at radius 2 is 1.88 bits per heavy atom. The molecule has 0 aliphatic heterocycles. The van der Waals surface area contributed by atoms with Gasteiger partial charge in [-0.05, 0) is 36.4 Å². The van der Waals surface area contributed by atoms with Crippen molar-refractivity contribution in [3.8, 4) is 11.5 Å². The van der Waals surface area contributed by atoms with Crippen LogP contribution in [0.1, 0.15) is 5.76 Å². The van der Waals surface area contributed by atoms with E-state index in [0.717, 1.165) is 11.8 Å². The number of methoxy groups -OCH3 is 1. The minimum Gasteiger partial charge on any atom is -0.497 e. The van der Waals surface area contributed by atoms with Crippen molar-refractivity contribution >= 4 is 17.9 Å². The Morgan fingerprint density at radius 3 is 2.50 bits per heavy atom. The van der Waals surface area contributed by atoms with E-state index in [0.29, 0.717) is 5.75 Å². The van der Waals surface area contributed by atoms with Crippen molar-refractivity contribution in [3.63, 3.8) is 0 Å². The quantitative estimate of drug-likeness (QED) is 0.241. The van der Waals surface area contributed by atoms with Crippen LogP contribution < -0.4 is 9.47 Å². The molecule has 0 unspecified atom stereocenters. The molecule has 0 radical (unpaired) electrons. The highest BCUT2D eigenvalue weighted by Crippen LogP contribution is 2.17. The van der Waals surface area contributed by atoms with E-state index in [2.05, 4.69) is 0 Å². The van der Waals surface area contributed by atoms with Gasteiger partial charge in [0, 0.05) is 6.08 Å². The van der Waals surface area contributed by atoms with Crippen LogP contribution in [0.5, 0.6) is 11.5 Å². The predicted molar refractivity (Wildman–Crippen MR) is 83.8 cm³/mol. The fourth-order valence-electron chi connectivity index (χ4n) is 1.70. The summed E-state index contributed by atoms with van der Waals surface area (Å²) in [4.78, 5) is 21.3. The van der Waals surface area contributed by atoms with E-state index in [1.54, 1.807) is 31.4 Å². The van der Waals surface area contributed by atoms with Crippen LogP contribution in [0.3, 0.4) is 0 Å². The molecule has 0 N–H and O–H groups in total. The Hall–Kier alpha value is -3.29. The molecule has 0 amide bonds. The molecule has 126 valence electrons. The maximum Gasteiger partial charge on any atom is 0.433 e. The van der Waals surface area contributed by atoms with Gasteiger partial charge in [-0.15, -0.1) is 0 Å². The summed E-state index contributed by atoms with van der Waals surface area (Å²) in [6.07, 6.45) is 2.41. The predicted octanol–water partition coefficient (Wildman–Crippen LogP) is 2.83. The topological polar surface area (TPSA) is 101 Å². The van der Waals surface area contributed by atoms with Gasteiger partial charge in [0.15, 0.2) is 0 Å². The fourth-order valence-corrected chi connectivity index (χ4v) is 1.70. The lowest BCUT2D eigenvalue weighted by Gasteiger charge is -2.07. The molecule has 0 atom stereocenters. The van der Waals surface area contributed by atoms with Gasteiger partial charge in [-0.2, -0.15) is 0 Å². The summed E-state index contributed by atoms with van der Waals surface area (Å²) in [6.45, 7) is 0.256. The van der Waals surface area contributed by atoms with Crippen molar-refractivity contribution in [2.45, 2.75) is 0 Å². The van der Waals surface area contributed by atoms with Crippen LogP contribution in [0.4, 0.5) is 5.88 Å². The molecular formula is C16H15NO7. The second-order valence-corrected chi connectivity index (χ2v) is 4.46. The molecule has 1 aromatic carbocycles. The van der Waals surface area contributed by atoms with E-state index < -0.39 is 16.8 Å². The summed E-state index contributed by atoms with van der Waals surface area (Å²) in [5.41, 5.74) is 0. The van der Waals surface area contributed by atoms with Crippen molar-refractivity contribution in [2.75, 3.05) is 20.3 Å². The van der Waals surface area contributed by atoms with Crippen molar-refractivity contribution < 1.29 is 28.3 Å². The zero-order chi connectivity index (χ0) is 17.4. The molecule has 0 saturated carbocycles. The van der Waals surface area contributed by atoms with Gasteiger partial charge in [0.25, 0.3) is 0 Å². The molecule has 8 heteroatoms. The van der Waals surface area contributed by atoms with E-state index >= 15 is 0 Å². The minimum absolute atomic E-state index is 0.0630. The maximum absolute atomic E-state index is 11.5. The third-order valence-corrected chi connectivity index (χ3v) is 2.83. The average Bonchev–Trinajstić information content (AvgIpc) is 3.07. The van der Waals surface area contributed by atoms with Crippen molar-refractivity contribution in [2.24, 2.45) is 0 Å². The molecule has 1 heterocycles. The molecule has 24 heavy (non-hydrogen) atoms. The molecule has 0 spiro atoms. The summed E-state index contributed by atoms with van der Waals surface area (Å²) in [6, 6.07) is 9.58. The maximum atomic E-state index is 11.5. The van der Waals surface area contributed by atoms with Crippen LogP contribution in [0, 0.1) is 10.1 Å². The first-order valence-electron chi connectivity index (χ1n) is 6.94. The van der Waals surface area contributed by atoms with E-state index in [9.17, 15) is 14.9 Å². The van der Waals surface area contributed by atoms with Crippen LogP contribution in [-0.4, -0.2) is 31.2 Å². The summed E-state index contributed by atoms with van der Waals surface area (Å²) < 4.78 is 20.2. The second-order valence-electron chi connectivity index (χ2n) is 4.46. The number of esters is 1. The first-order chi connectivity index (χ1) is 11.6. The third kappa shape index (κ3) is 5.16. The number of rotatable bonds is 8. The van der Waals surface area contributed by atoms with Crippen molar-refractivity contribution in [1.82, 2.24) is 0 Å². The minimum atomic E-state index is -0.661. The zero-order valence-corrected chi connectivity index (χ0v) is 12.8. The lowest BCUT2D eigenvalue weighted by molar-refractivity contribution is -0.402. The molecule has 0 fully saturated rings. The molecule has 2 rings (SSSR count). The van der Waals surface area contributed by atoms with Crippen LogP contribution in [-0.2, 0) is 9.53 Å². The summed E-state index contributed by atoms with van der Waals surface area (Å²) >= 11 is 0. The Kier molecular flexibility index (Phi) is 5.95. The molecule has 0 saturated heterocycles. The summed E-state index contributed by atoms with van der Waals surface area (Å²) in [5.74, 6) is 0.541. The number of benzene rings is 1. The average molecular weight is 333 g/mol. The molecule has 2 aromatic rings. The second kappa shape index (κ2) is 8.37. The molecule has 8 nitrogen and oxygen atoms in total. The van der Waals surface area contributed by atoms with E-state index in [4.69, 9.17) is 18.6 Å². The summed E-state index contributed by atoms with van der Waals surface area (Å²) in [5, 5.41) is 10.5.